The lowest BCUT2D eigenvalue weighted by Gasteiger charge is -2.48. The van der Waals surface area contributed by atoms with Crippen LogP contribution in [0.15, 0.2) is 0 Å². The number of nitrogens with one attached hydrogen (secondary N) is 2. The largest absolute Gasteiger partial charge is 0.463 e. The molecule has 1 aromatic heterocycles. The maximum Gasteiger partial charge on any atom is 0.434 e. The number of fused-ring (bicyclic) bond motifs is 1. The summed E-state index contributed by atoms with van der Waals surface area (Å²) >= 11 is 0. The van der Waals surface area contributed by atoms with Crippen LogP contribution < -0.4 is 10.6 Å². The van der Waals surface area contributed by atoms with E-state index in [9.17, 15) is 24.6 Å². The highest BCUT2D eigenvalue weighted by atomic mass is 28.3. The van der Waals surface area contributed by atoms with E-state index in [1.165, 1.54) is 0 Å². The van der Waals surface area contributed by atoms with Crippen molar-refractivity contribution < 1.29 is 24.6 Å². The Morgan fingerprint density at radius 2 is 1.75 bits per heavy atom. The van der Waals surface area contributed by atoms with Gasteiger partial charge in [-0.15, -0.1) is 4.68 Å². The maximum atomic E-state index is 13.5. The summed E-state index contributed by atoms with van der Waals surface area (Å²) in [6.07, 6.45) is 1.69. The van der Waals surface area contributed by atoms with Gasteiger partial charge in [-0.3, -0.25) is 4.79 Å². The molecule has 0 spiro atoms. The highest BCUT2D eigenvalue weighted by Crippen LogP contribution is 2.56. The Hall–Kier alpha value is -2.40. The molecule has 36 heavy (non-hydrogen) atoms. The van der Waals surface area contributed by atoms with Gasteiger partial charge in [-0.1, -0.05) is 39.9 Å². The highest BCUT2D eigenvalue weighted by Gasteiger charge is 2.54. The Balaban J connectivity index is 1.92. The van der Waals surface area contributed by atoms with Crippen LogP contribution >= 0.6 is 0 Å². The van der Waals surface area contributed by atoms with E-state index in [1.54, 1.807) is 18.7 Å². The molecule has 202 valence electrons. The Kier molecular flexibility index (Phi) is 7.17. The summed E-state index contributed by atoms with van der Waals surface area (Å²) in [5.74, 6) is 0.0795. The molecule has 3 amide bonds. The van der Waals surface area contributed by atoms with Crippen molar-refractivity contribution in [2.75, 3.05) is 5.32 Å². The van der Waals surface area contributed by atoms with E-state index in [0.717, 1.165) is 23.9 Å². The van der Waals surface area contributed by atoms with Crippen molar-refractivity contribution in [3.63, 3.8) is 0 Å². The minimum atomic E-state index is -1.88. The highest BCUT2D eigenvalue weighted by molar-refractivity contribution is 6.83. The van der Waals surface area contributed by atoms with Gasteiger partial charge in [-0.05, 0) is 52.9 Å². The average Bonchev–Trinajstić information content (AvgIpc) is 3.12. The number of carbonyl (C=O) groups excluding carboxylic acids is 2. The number of nitrogens with zero attached hydrogens (tertiary/aromatic N) is 3. The van der Waals surface area contributed by atoms with Gasteiger partial charge in [0, 0.05) is 16.6 Å². The molecule has 0 saturated heterocycles. The maximum absolute atomic E-state index is 13.5. The second kappa shape index (κ2) is 9.16. The molecule has 11 heteroatoms. The lowest BCUT2D eigenvalue weighted by molar-refractivity contribution is -0.121. The normalized spacial score (nSPS) is 19.5. The third-order valence-corrected chi connectivity index (χ3v) is 11.7. The first-order valence-electron chi connectivity index (χ1n) is 12.8. The third-order valence-electron chi connectivity index (χ3n) is 8.12. The Bertz CT molecular complexity index is 1050. The van der Waals surface area contributed by atoms with Crippen molar-refractivity contribution in [1.29, 1.82) is 0 Å². The molecule has 3 rings (SSSR count). The number of rotatable bonds is 7. The summed E-state index contributed by atoms with van der Waals surface area (Å²) in [4.78, 5) is 40.6. The number of anilines is 1. The first-order valence-corrected chi connectivity index (χ1v) is 16.3. The fourth-order valence-corrected chi connectivity index (χ4v) is 8.07. The van der Waals surface area contributed by atoms with Crippen LogP contribution in [0.4, 0.5) is 15.4 Å². The monoisotopic (exact) mass is 521 g/mol. The van der Waals surface area contributed by atoms with E-state index < -0.39 is 30.3 Å². The van der Waals surface area contributed by atoms with Gasteiger partial charge in [-0.25, -0.2) is 9.59 Å². The van der Waals surface area contributed by atoms with Crippen LogP contribution in [-0.4, -0.2) is 62.6 Å². The van der Waals surface area contributed by atoms with Crippen LogP contribution in [0.25, 0.3) is 0 Å². The van der Waals surface area contributed by atoms with Crippen LogP contribution in [0.1, 0.15) is 78.5 Å². The molecule has 0 bridgehead atoms. The van der Waals surface area contributed by atoms with Gasteiger partial charge < -0.3 is 25.7 Å². The van der Waals surface area contributed by atoms with E-state index in [-0.39, 0.29) is 36.3 Å². The molecule has 1 aliphatic carbocycles. The summed E-state index contributed by atoms with van der Waals surface area (Å²) in [6.45, 7) is 17.6. The SMILES string of the molecule is CC(C)C(CC(C)(C)O)NC(=O)N1Cc2c(nn(C(=O)O)c2NC(=O)C2([Si](C)(C)C)CCC2)C1(C)C. The second-order valence-electron chi connectivity index (χ2n) is 13.0. The zero-order valence-electron chi connectivity index (χ0n) is 23.2. The van der Waals surface area contributed by atoms with E-state index >= 15 is 0 Å². The summed E-state index contributed by atoms with van der Waals surface area (Å²) < 4.78 is 0.835. The quantitative estimate of drug-likeness (QED) is 0.388. The van der Waals surface area contributed by atoms with Gasteiger partial charge in [0.05, 0.1) is 31.5 Å². The molecular weight excluding hydrogens is 478 g/mol. The summed E-state index contributed by atoms with van der Waals surface area (Å²) in [7, 11) is -1.88. The minimum absolute atomic E-state index is 0.0970. The number of amides is 3. The number of carbonyl (C=O) groups is 3. The minimum Gasteiger partial charge on any atom is -0.463 e. The van der Waals surface area contributed by atoms with Crippen LogP contribution in [0.2, 0.25) is 24.7 Å². The molecule has 0 aromatic carbocycles. The smallest absolute Gasteiger partial charge is 0.434 e. The van der Waals surface area contributed by atoms with Crippen LogP contribution in [0.3, 0.4) is 0 Å². The fourth-order valence-electron chi connectivity index (χ4n) is 5.47. The first kappa shape index (κ1) is 28.2. The second-order valence-corrected chi connectivity index (χ2v) is 18.4. The van der Waals surface area contributed by atoms with Gasteiger partial charge in [-0.2, -0.15) is 5.10 Å². The predicted molar refractivity (Wildman–Crippen MR) is 141 cm³/mol. The molecule has 1 unspecified atom stereocenters. The van der Waals surface area contributed by atoms with Gasteiger partial charge in [0.2, 0.25) is 5.91 Å². The lowest BCUT2D eigenvalue weighted by Crippen LogP contribution is -2.52. The van der Waals surface area contributed by atoms with E-state index in [2.05, 4.69) is 35.4 Å². The zero-order valence-corrected chi connectivity index (χ0v) is 24.2. The van der Waals surface area contributed by atoms with Gasteiger partial charge in [0.15, 0.2) is 0 Å². The van der Waals surface area contributed by atoms with Crippen LogP contribution in [0.5, 0.6) is 0 Å². The molecule has 10 nitrogen and oxygen atoms in total. The van der Waals surface area contributed by atoms with E-state index in [4.69, 9.17) is 0 Å². The molecule has 4 N–H and O–H groups in total. The van der Waals surface area contributed by atoms with Crippen molar-refractivity contribution in [3.8, 4) is 0 Å². The summed E-state index contributed by atoms with van der Waals surface area (Å²) in [5, 5.41) is 30.0. The number of hydrogen-bond acceptors (Lipinski definition) is 5. The molecule has 1 fully saturated rings. The Morgan fingerprint density at radius 3 is 2.17 bits per heavy atom. The Morgan fingerprint density at radius 1 is 1.17 bits per heavy atom. The summed E-state index contributed by atoms with van der Waals surface area (Å²) in [5.41, 5.74) is -0.851. The zero-order chi connectivity index (χ0) is 27.4. The van der Waals surface area contributed by atoms with Crippen LogP contribution in [0, 0.1) is 5.92 Å². The van der Waals surface area contributed by atoms with Gasteiger partial charge in [0.25, 0.3) is 0 Å². The van der Waals surface area contributed by atoms with Crippen LogP contribution in [-0.2, 0) is 16.9 Å². The average molecular weight is 522 g/mol. The molecule has 1 aliphatic heterocycles. The number of aliphatic hydroxyl groups is 1. The molecule has 1 aromatic rings. The lowest BCUT2D eigenvalue weighted by atomic mass is 9.83. The first-order chi connectivity index (χ1) is 16.3. The molecule has 0 radical (unpaired) electrons. The molecular formula is C25H43N5O5Si. The van der Waals surface area contributed by atoms with Crippen molar-refractivity contribution in [2.45, 2.75) is 116 Å². The number of hydrogen-bond donors (Lipinski definition) is 4. The number of aromatic nitrogens is 2. The predicted octanol–water partition coefficient (Wildman–Crippen LogP) is 4.56. The van der Waals surface area contributed by atoms with E-state index in [0.29, 0.717) is 17.7 Å². The fraction of sp³-hybridized carbons (Fsp3) is 0.760. The number of urea groups is 1. The standard InChI is InChI=1S/C25H43N5O5Si/c1-15(2)17(13-23(3,4)35)26-21(32)29-14-16-18(24(29,5)6)28-30(22(33)34)19(16)27-20(31)25(11-10-12-25)36(7,8)9/h15,17,35H,10-14H2,1-9H3,(H,26,32)(H,27,31)(H,33,34). The van der Waals surface area contributed by atoms with Crippen molar-refractivity contribution in [1.82, 2.24) is 20.0 Å². The molecule has 1 saturated carbocycles. The van der Waals surface area contributed by atoms with Crippen molar-refractivity contribution in [3.05, 3.63) is 11.3 Å². The Labute approximate surface area is 214 Å². The van der Waals surface area contributed by atoms with Gasteiger partial charge in [0.1, 0.15) is 5.82 Å². The molecule has 2 heterocycles. The van der Waals surface area contributed by atoms with Crippen molar-refractivity contribution in [2.24, 2.45) is 5.92 Å². The van der Waals surface area contributed by atoms with E-state index in [1.807, 2.05) is 27.7 Å². The number of carboxylic acid groups (broad SMARTS) is 1. The topological polar surface area (TPSA) is 137 Å². The molecule has 1 atom stereocenters. The van der Waals surface area contributed by atoms with Gasteiger partial charge >= 0.3 is 12.1 Å². The molecule has 2 aliphatic rings. The third kappa shape index (κ3) is 4.91. The van der Waals surface area contributed by atoms with Crippen molar-refractivity contribution >= 4 is 31.9 Å². The summed E-state index contributed by atoms with van der Waals surface area (Å²) in [6, 6.07) is -0.577.